The predicted molar refractivity (Wildman–Crippen MR) is 54.8 cm³/mol. The number of non-ortho nitro benzene ring substituents is 1. The molecule has 0 aliphatic carbocycles. The molecule has 0 saturated heterocycles. The molecule has 0 fully saturated rings. The smallest absolute Gasteiger partial charge is 0.271 e. The van der Waals surface area contributed by atoms with Crippen LogP contribution >= 0.6 is 27.5 Å². The highest BCUT2D eigenvalue weighted by molar-refractivity contribution is 9.10. The Hall–Kier alpha value is -0.500. The van der Waals surface area contributed by atoms with E-state index in [1.165, 1.54) is 6.07 Å². The average molecular weight is 301 g/mol. The number of rotatable bonds is 2. The molecule has 1 aromatic carbocycles. The van der Waals surface area contributed by atoms with Gasteiger partial charge in [-0.3, -0.25) is 10.1 Å². The molecule has 0 saturated carbocycles. The van der Waals surface area contributed by atoms with Crippen LogP contribution < -0.4 is 0 Å². The number of nitro benzene ring substituents is 1. The molecule has 0 aliphatic rings. The fourth-order valence-corrected chi connectivity index (χ4v) is 2.15. The highest BCUT2D eigenvalue weighted by Crippen LogP contribution is 2.32. The molecule has 0 amide bonds. The second kappa shape index (κ2) is 4.35. The van der Waals surface area contributed by atoms with E-state index in [4.69, 9.17) is 16.2 Å². The first-order chi connectivity index (χ1) is 6.43. The third-order valence-electron chi connectivity index (χ3n) is 1.38. The lowest BCUT2D eigenvalue weighted by Crippen LogP contribution is -1.94. The number of hydrogen-bond donors (Lipinski definition) is 1. The van der Waals surface area contributed by atoms with Gasteiger partial charge in [-0.1, -0.05) is 11.6 Å². The zero-order valence-corrected chi connectivity index (χ0v) is 9.60. The third-order valence-corrected chi connectivity index (χ3v) is 3.45. The van der Waals surface area contributed by atoms with Crippen LogP contribution in [0.25, 0.3) is 0 Å². The Labute approximate surface area is 94.6 Å². The highest BCUT2D eigenvalue weighted by Gasteiger charge is 2.17. The molecule has 8 heteroatoms. The van der Waals surface area contributed by atoms with Crippen molar-refractivity contribution in [2.24, 2.45) is 0 Å². The Kier molecular flexibility index (Phi) is 3.59. The fourth-order valence-electron chi connectivity index (χ4n) is 0.783. The van der Waals surface area contributed by atoms with Crippen molar-refractivity contribution in [3.05, 3.63) is 31.7 Å². The quantitative estimate of drug-likeness (QED) is 0.517. The maximum absolute atomic E-state index is 10.7. The van der Waals surface area contributed by atoms with E-state index >= 15 is 0 Å². The molecule has 0 spiro atoms. The third kappa shape index (κ3) is 2.30. The van der Waals surface area contributed by atoms with E-state index in [2.05, 4.69) is 15.9 Å². The van der Waals surface area contributed by atoms with Crippen molar-refractivity contribution in [2.45, 2.75) is 4.90 Å². The number of nitrogens with zero attached hydrogens (tertiary/aromatic N) is 1. The lowest BCUT2D eigenvalue weighted by molar-refractivity contribution is -0.385. The predicted octanol–water partition coefficient (Wildman–Crippen LogP) is 2.59. The van der Waals surface area contributed by atoms with Gasteiger partial charge >= 0.3 is 0 Å². The van der Waals surface area contributed by atoms with Crippen LogP contribution in [0.4, 0.5) is 5.69 Å². The molecule has 1 rings (SSSR count). The van der Waals surface area contributed by atoms with Crippen molar-refractivity contribution in [2.75, 3.05) is 0 Å². The zero-order chi connectivity index (χ0) is 10.9. The second-order valence-electron chi connectivity index (χ2n) is 2.25. The van der Waals surface area contributed by atoms with Gasteiger partial charge in [-0.15, -0.1) is 0 Å². The number of nitro groups is 1. The normalized spacial score (nSPS) is 12.5. The van der Waals surface area contributed by atoms with Gasteiger partial charge in [0.05, 0.1) is 14.8 Å². The second-order valence-corrected chi connectivity index (χ2v) is 4.42. The monoisotopic (exact) mass is 299 g/mol. The van der Waals surface area contributed by atoms with Crippen molar-refractivity contribution < 1.29 is 13.7 Å². The average Bonchev–Trinajstić information content (AvgIpc) is 2.08. The Morgan fingerprint density at radius 1 is 1.57 bits per heavy atom. The first-order valence-corrected chi connectivity index (χ1v) is 5.45. The van der Waals surface area contributed by atoms with Crippen LogP contribution in [0.3, 0.4) is 0 Å². The molecule has 5 nitrogen and oxygen atoms in total. The molecule has 0 heterocycles. The summed E-state index contributed by atoms with van der Waals surface area (Å²) in [4.78, 5) is 9.54. The van der Waals surface area contributed by atoms with Crippen molar-refractivity contribution in [1.82, 2.24) is 0 Å². The largest absolute Gasteiger partial charge is 0.302 e. The van der Waals surface area contributed by atoms with Crippen LogP contribution in [0.1, 0.15) is 0 Å². The number of benzene rings is 1. The summed E-state index contributed by atoms with van der Waals surface area (Å²) >= 11 is 6.25. The highest BCUT2D eigenvalue weighted by atomic mass is 79.9. The molecule has 1 aromatic rings. The minimum Gasteiger partial charge on any atom is -0.302 e. The van der Waals surface area contributed by atoms with E-state index in [1.807, 2.05) is 0 Å². The van der Waals surface area contributed by atoms with Crippen LogP contribution in [0.2, 0.25) is 5.02 Å². The van der Waals surface area contributed by atoms with Gasteiger partial charge in [0, 0.05) is 16.6 Å². The van der Waals surface area contributed by atoms with E-state index in [-0.39, 0.29) is 20.1 Å². The summed E-state index contributed by atoms with van der Waals surface area (Å²) in [7, 11) is 0. The van der Waals surface area contributed by atoms with Gasteiger partial charge in [-0.05, 0) is 15.9 Å². The van der Waals surface area contributed by atoms with E-state index in [1.54, 1.807) is 0 Å². The summed E-state index contributed by atoms with van der Waals surface area (Å²) < 4.78 is 19.7. The molecule has 1 atom stereocenters. The standard InChI is InChI=1S/C6H3BrClNO4S/c7-4-1-3(9(10)11)2-5(6(4)8)14(12)13/h1-2H,(H,12,13). The Morgan fingerprint density at radius 3 is 2.57 bits per heavy atom. The minimum absolute atomic E-state index is 0.00330. The molecule has 0 aromatic heterocycles. The molecular formula is C6H3BrClNO4S. The fraction of sp³-hybridized carbons (Fsp3) is 0. The van der Waals surface area contributed by atoms with Crippen LogP contribution in [-0.4, -0.2) is 13.7 Å². The number of halogens is 2. The Bertz CT molecular complexity index is 425. The molecule has 1 N–H and O–H groups in total. The molecule has 0 radical (unpaired) electrons. The first kappa shape index (κ1) is 11.6. The van der Waals surface area contributed by atoms with Gasteiger partial charge in [0.15, 0.2) is 11.1 Å². The van der Waals surface area contributed by atoms with Gasteiger partial charge in [0.1, 0.15) is 0 Å². The van der Waals surface area contributed by atoms with Crippen molar-refractivity contribution in [3.8, 4) is 0 Å². The van der Waals surface area contributed by atoms with E-state index in [0.29, 0.717) is 0 Å². The molecule has 76 valence electrons. The van der Waals surface area contributed by atoms with E-state index in [0.717, 1.165) is 6.07 Å². The Balaban J connectivity index is 3.43. The van der Waals surface area contributed by atoms with Crippen molar-refractivity contribution in [1.29, 1.82) is 0 Å². The van der Waals surface area contributed by atoms with E-state index in [9.17, 15) is 14.3 Å². The lowest BCUT2D eigenvalue weighted by Gasteiger charge is -2.01. The van der Waals surface area contributed by atoms with Gasteiger partial charge in [0.2, 0.25) is 0 Å². The molecule has 0 aliphatic heterocycles. The molecular weight excluding hydrogens is 297 g/mol. The zero-order valence-electron chi connectivity index (χ0n) is 6.44. The van der Waals surface area contributed by atoms with Crippen LogP contribution in [-0.2, 0) is 11.1 Å². The maximum atomic E-state index is 10.7. The summed E-state index contributed by atoms with van der Waals surface area (Å²) in [5.74, 6) is 0. The molecule has 0 bridgehead atoms. The van der Waals surface area contributed by atoms with Gasteiger partial charge in [-0.2, -0.15) is 0 Å². The summed E-state index contributed by atoms with van der Waals surface area (Å²) in [6.07, 6.45) is 0. The van der Waals surface area contributed by atoms with Crippen molar-refractivity contribution in [3.63, 3.8) is 0 Å². The molecule has 1 unspecified atom stereocenters. The van der Waals surface area contributed by atoms with Gasteiger partial charge in [-0.25, -0.2) is 4.21 Å². The summed E-state index contributed by atoms with van der Waals surface area (Å²) in [5.41, 5.74) is -0.293. The van der Waals surface area contributed by atoms with Crippen LogP contribution in [0.15, 0.2) is 21.5 Å². The van der Waals surface area contributed by atoms with Crippen LogP contribution in [0.5, 0.6) is 0 Å². The minimum atomic E-state index is -2.34. The number of hydrogen-bond acceptors (Lipinski definition) is 3. The van der Waals surface area contributed by atoms with Crippen molar-refractivity contribution >= 4 is 44.3 Å². The summed E-state index contributed by atoms with van der Waals surface area (Å²) in [5, 5.41) is 10.4. The lowest BCUT2D eigenvalue weighted by atomic mass is 10.3. The van der Waals surface area contributed by atoms with Gasteiger partial charge < -0.3 is 4.55 Å². The Morgan fingerprint density at radius 2 is 2.14 bits per heavy atom. The first-order valence-electron chi connectivity index (χ1n) is 3.17. The van der Waals surface area contributed by atoms with Gasteiger partial charge in [0.25, 0.3) is 5.69 Å². The summed E-state index contributed by atoms with van der Waals surface area (Å²) in [6, 6.07) is 2.13. The maximum Gasteiger partial charge on any atom is 0.271 e. The SMILES string of the molecule is O=[N+]([O-])c1cc(Br)c(Cl)c(S(=O)O)c1. The molecule has 14 heavy (non-hydrogen) atoms. The van der Waals surface area contributed by atoms with Crippen LogP contribution in [0, 0.1) is 10.1 Å². The summed E-state index contributed by atoms with van der Waals surface area (Å²) in [6.45, 7) is 0. The van der Waals surface area contributed by atoms with E-state index < -0.39 is 16.0 Å². The topological polar surface area (TPSA) is 80.4 Å².